The van der Waals surface area contributed by atoms with Gasteiger partial charge in [-0.15, -0.1) is 0 Å². The summed E-state index contributed by atoms with van der Waals surface area (Å²) in [5.41, 5.74) is 2.53. The van der Waals surface area contributed by atoms with Crippen molar-refractivity contribution in [1.82, 2.24) is 15.3 Å². The molecule has 1 aromatic heterocycles. The van der Waals surface area contributed by atoms with Crippen molar-refractivity contribution in [3.05, 3.63) is 17.5 Å². The van der Waals surface area contributed by atoms with E-state index in [-0.39, 0.29) is 0 Å². The van der Waals surface area contributed by atoms with E-state index < -0.39 is 0 Å². The molecule has 1 heterocycles. The molecule has 0 bridgehead atoms. The second kappa shape index (κ2) is 4.61. The van der Waals surface area contributed by atoms with Crippen LogP contribution in [0.15, 0.2) is 6.20 Å². The number of hydrogen-bond acceptors (Lipinski definition) is 4. The van der Waals surface area contributed by atoms with Crippen molar-refractivity contribution in [2.24, 2.45) is 0 Å². The Kier molecular flexibility index (Phi) is 2.97. The maximum atomic E-state index is 4.69. The molecule has 1 aromatic rings. The van der Waals surface area contributed by atoms with Crippen LogP contribution >= 0.6 is 0 Å². The lowest BCUT2D eigenvalue weighted by molar-refractivity contribution is 0.532. The fourth-order valence-electron chi connectivity index (χ4n) is 2.49. The van der Waals surface area contributed by atoms with Crippen LogP contribution in [0, 0.1) is 0 Å². The van der Waals surface area contributed by atoms with E-state index in [4.69, 9.17) is 0 Å². The van der Waals surface area contributed by atoms with Crippen molar-refractivity contribution < 1.29 is 0 Å². The predicted molar refractivity (Wildman–Crippen MR) is 68.0 cm³/mol. The molecule has 1 saturated carbocycles. The van der Waals surface area contributed by atoms with Gasteiger partial charge in [-0.3, -0.25) is 0 Å². The quantitative estimate of drug-likeness (QED) is 0.783. The molecule has 1 unspecified atom stereocenters. The van der Waals surface area contributed by atoms with Crippen LogP contribution in [0.4, 0.5) is 5.95 Å². The van der Waals surface area contributed by atoms with E-state index in [1.807, 2.05) is 13.2 Å². The Labute approximate surface area is 102 Å². The number of rotatable bonds is 3. The second-order valence-corrected chi connectivity index (χ2v) is 5.10. The van der Waals surface area contributed by atoms with Crippen LogP contribution in [0.25, 0.3) is 0 Å². The average Bonchev–Trinajstić information content (AvgIpc) is 3.15. The minimum Gasteiger partial charge on any atom is -0.351 e. The summed E-state index contributed by atoms with van der Waals surface area (Å²) in [5.74, 6) is 0.822. The maximum Gasteiger partial charge on any atom is 0.223 e. The first kappa shape index (κ1) is 11.0. The van der Waals surface area contributed by atoms with Gasteiger partial charge in [-0.2, -0.15) is 0 Å². The lowest BCUT2D eigenvalue weighted by atomic mass is 10.1. The fourth-order valence-corrected chi connectivity index (χ4v) is 2.49. The van der Waals surface area contributed by atoms with E-state index in [1.54, 1.807) is 0 Å². The van der Waals surface area contributed by atoms with E-state index in [1.165, 1.54) is 43.4 Å². The number of hydrogen-bond donors (Lipinski definition) is 2. The van der Waals surface area contributed by atoms with Crippen molar-refractivity contribution in [1.29, 1.82) is 0 Å². The molecule has 4 nitrogen and oxygen atoms in total. The first-order chi connectivity index (χ1) is 8.36. The van der Waals surface area contributed by atoms with Crippen molar-refractivity contribution in [3.8, 4) is 0 Å². The molecule has 0 radical (unpaired) electrons. The van der Waals surface area contributed by atoms with Gasteiger partial charge in [-0.05, 0) is 39.2 Å². The lowest BCUT2D eigenvalue weighted by Gasteiger charge is -2.16. The minimum atomic E-state index is 0.433. The monoisotopic (exact) mass is 232 g/mol. The number of aromatic nitrogens is 2. The Morgan fingerprint density at radius 2 is 2.12 bits per heavy atom. The SMILES string of the molecule is CNC1CCCCc2nc(NC3CC3)ncc21. The molecule has 17 heavy (non-hydrogen) atoms. The molecule has 2 aliphatic rings. The Morgan fingerprint density at radius 3 is 2.88 bits per heavy atom. The zero-order chi connectivity index (χ0) is 11.7. The van der Waals surface area contributed by atoms with E-state index in [0.29, 0.717) is 12.1 Å². The highest BCUT2D eigenvalue weighted by Crippen LogP contribution is 2.28. The maximum absolute atomic E-state index is 4.69. The fraction of sp³-hybridized carbons (Fsp3) is 0.692. The molecule has 0 aliphatic heterocycles. The van der Waals surface area contributed by atoms with Crippen LogP contribution in [-0.2, 0) is 6.42 Å². The zero-order valence-electron chi connectivity index (χ0n) is 10.4. The molecule has 2 aliphatic carbocycles. The summed E-state index contributed by atoms with van der Waals surface area (Å²) in [6, 6.07) is 1.06. The molecule has 0 amide bonds. The molecule has 3 rings (SSSR count). The number of fused-ring (bicyclic) bond motifs is 1. The van der Waals surface area contributed by atoms with Gasteiger partial charge in [0.15, 0.2) is 0 Å². The van der Waals surface area contributed by atoms with Gasteiger partial charge in [0.1, 0.15) is 0 Å². The van der Waals surface area contributed by atoms with Gasteiger partial charge >= 0.3 is 0 Å². The third kappa shape index (κ3) is 2.41. The van der Waals surface area contributed by atoms with Gasteiger partial charge in [0.05, 0.1) is 5.69 Å². The van der Waals surface area contributed by atoms with Crippen LogP contribution in [0.5, 0.6) is 0 Å². The van der Waals surface area contributed by atoms with Crippen LogP contribution in [-0.4, -0.2) is 23.1 Å². The summed E-state index contributed by atoms with van der Waals surface area (Å²) >= 11 is 0. The topological polar surface area (TPSA) is 49.8 Å². The Hall–Kier alpha value is -1.16. The van der Waals surface area contributed by atoms with Crippen LogP contribution in [0.3, 0.4) is 0 Å². The van der Waals surface area contributed by atoms with E-state index in [9.17, 15) is 0 Å². The number of nitrogens with zero attached hydrogens (tertiary/aromatic N) is 2. The molecule has 1 fully saturated rings. The Bertz CT molecular complexity index is 400. The number of nitrogens with one attached hydrogen (secondary N) is 2. The average molecular weight is 232 g/mol. The lowest BCUT2D eigenvalue weighted by Crippen LogP contribution is -2.18. The molecule has 4 heteroatoms. The van der Waals surface area contributed by atoms with Crippen molar-refractivity contribution in [2.75, 3.05) is 12.4 Å². The molecule has 0 saturated heterocycles. The van der Waals surface area contributed by atoms with Crippen molar-refractivity contribution in [2.45, 2.75) is 50.6 Å². The third-order valence-electron chi connectivity index (χ3n) is 3.69. The summed E-state index contributed by atoms with van der Waals surface area (Å²) in [7, 11) is 2.02. The van der Waals surface area contributed by atoms with Gasteiger partial charge in [0, 0.05) is 23.8 Å². The summed E-state index contributed by atoms with van der Waals surface area (Å²) in [5, 5.41) is 6.75. The first-order valence-electron chi connectivity index (χ1n) is 6.66. The van der Waals surface area contributed by atoms with Crippen LogP contribution in [0.1, 0.15) is 49.4 Å². The minimum absolute atomic E-state index is 0.433. The standard InChI is InChI=1S/C13H20N4/c1-14-11-4-2-3-5-12-10(11)8-15-13(17-12)16-9-6-7-9/h8-9,11,14H,2-7H2,1H3,(H,15,16,17). The Balaban J connectivity index is 1.86. The van der Waals surface area contributed by atoms with Gasteiger partial charge in [-0.25, -0.2) is 9.97 Å². The van der Waals surface area contributed by atoms with Crippen molar-refractivity contribution >= 4 is 5.95 Å². The van der Waals surface area contributed by atoms with Gasteiger partial charge in [0.25, 0.3) is 0 Å². The van der Waals surface area contributed by atoms with Crippen molar-refractivity contribution in [3.63, 3.8) is 0 Å². The molecular formula is C13H20N4. The molecular weight excluding hydrogens is 212 g/mol. The predicted octanol–water partition coefficient (Wildman–Crippen LogP) is 2.04. The molecule has 0 aromatic carbocycles. The zero-order valence-corrected chi connectivity index (χ0v) is 10.4. The van der Waals surface area contributed by atoms with E-state index >= 15 is 0 Å². The third-order valence-corrected chi connectivity index (χ3v) is 3.69. The largest absolute Gasteiger partial charge is 0.351 e. The van der Waals surface area contributed by atoms with Gasteiger partial charge in [0.2, 0.25) is 5.95 Å². The number of anilines is 1. The smallest absolute Gasteiger partial charge is 0.223 e. The highest BCUT2D eigenvalue weighted by Gasteiger charge is 2.23. The summed E-state index contributed by atoms with van der Waals surface area (Å²) in [6.07, 6.45) is 9.34. The summed E-state index contributed by atoms with van der Waals surface area (Å²) < 4.78 is 0. The van der Waals surface area contributed by atoms with Crippen LogP contribution in [0.2, 0.25) is 0 Å². The van der Waals surface area contributed by atoms with Crippen LogP contribution < -0.4 is 10.6 Å². The van der Waals surface area contributed by atoms with Gasteiger partial charge in [-0.1, -0.05) is 6.42 Å². The molecule has 92 valence electrons. The first-order valence-corrected chi connectivity index (χ1v) is 6.66. The molecule has 2 N–H and O–H groups in total. The van der Waals surface area contributed by atoms with E-state index in [2.05, 4.69) is 20.6 Å². The highest BCUT2D eigenvalue weighted by molar-refractivity contribution is 5.34. The molecule has 1 atom stereocenters. The number of aryl methyl sites for hydroxylation is 1. The molecule has 0 spiro atoms. The summed E-state index contributed by atoms with van der Waals surface area (Å²) in [4.78, 5) is 9.14. The highest BCUT2D eigenvalue weighted by atomic mass is 15.1. The Morgan fingerprint density at radius 1 is 1.24 bits per heavy atom. The normalized spacial score (nSPS) is 23.9. The van der Waals surface area contributed by atoms with Gasteiger partial charge < -0.3 is 10.6 Å². The summed E-state index contributed by atoms with van der Waals surface area (Å²) in [6.45, 7) is 0. The second-order valence-electron chi connectivity index (χ2n) is 5.10. The van der Waals surface area contributed by atoms with E-state index in [0.717, 1.165) is 12.4 Å².